The number of hydrogen-bond acceptors (Lipinski definition) is 1. The molecule has 2 rings (SSSR count). The third-order valence-corrected chi connectivity index (χ3v) is 4.62. The van der Waals surface area contributed by atoms with E-state index >= 15 is 0 Å². The van der Waals surface area contributed by atoms with Gasteiger partial charge in [-0.15, -0.1) is 0 Å². The zero-order chi connectivity index (χ0) is 10.7. The maximum atomic E-state index is 3.88. The predicted molar refractivity (Wildman–Crippen MR) is 66.0 cm³/mol. The van der Waals surface area contributed by atoms with E-state index in [4.69, 9.17) is 0 Å². The van der Waals surface area contributed by atoms with E-state index in [-0.39, 0.29) is 0 Å². The lowest BCUT2D eigenvalue weighted by Gasteiger charge is -2.31. The van der Waals surface area contributed by atoms with E-state index in [0.717, 1.165) is 23.9 Å². The molecule has 0 amide bonds. The molecular formula is C14H27N. The quantitative estimate of drug-likeness (QED) is 0.747. The van der Waals surface area contributed by atoms with Crippen LogP contribution in [-0.4, -0.2) is 12.1 Å². The van der Waals surface area contributed by atoms with Crippen molar-refractivity contribution in [2.75, 3.05) is 0 Å². The molecule has 0 saturated heterocycles. The summed E-state index contributed by atoms with van der Waals surface area (Å²) >= 11 is 0. The van der Waals surface area contributed by atoms with Crippen LogP contribution in [0.25, 0.3) is 0 Å². The fourth-order valence-corrected chi connectivity index (χ4v) is 3.39. The van der Waals surface area contributed by atoms with Crippen molar-refractivity contribution in [3.63, 3.8) is 0 Å². The Bertz CT molecular complexity index is 176. The summed E-state index contributed by atoms with van der Waals surface area (Å²) < 4.78 is 0. The molecule has 0 aliphatic heterocycles. The second kappa shape index (κ2) is 5.34. The second-order valence-electron chi connectivity index (χ2n) is 5.96. The molecular weight excluding hydrogens is 182 g/mol. The first-order chi connectivity index (χ1) is 7.25. The average Bonchev–Trinajstić information content (AvgIpc) is 2.74. The van der Waals surface area contributed by atoms with Crippen LogP contribution in [-0.2, 0) is 0 Å². The van der Waals surface area contributed by atoms with E-state index in [1.807, 2.05) is 0 Å². The molecule has 1 N–H and O–H groups in total. The first-order valence-electron chi connectivity index (χ1n) is 7.01. The normalized spacial score (nSPS) is 35.6. The topological polar surface area (TPSA) is 12.0 Å². The summed E-state index contributed by atoms with van der Waals surface area (Å²) in [5.74, 6) is 1.95. The minimum Gasteiger partial charge on any atom is -0.311 e. The lowest BCUT2D eigenvalue weighted by molar-refractivity contribution is 0.261. The van der Waals surface area contributed by atoms with E-state index in [9.17, 15) is 0 Å². The molecule has 15 heavy (non-hydrogen) atoms. The number of hydrogen-bond donors (Lipinski definition) is 1. The summed E-state index contributed by atoms with van der Waals surface area (Å²) in [4.78, 5) is 0. The molecule has 0 aromatic rings. The van der Waals surface area contributed by atoms with Gasteiger partial charge in [-0.3, -0.25) is 0 Å². The first-order valence-corrected chi connectivity index (χ1v) is 7.01. The molecule has 88 valence electrons. The van der Waals surface area contributed by atoms with Gasteiger partial charge in [-0.1, -0.05) is 19.8 Å². The molecule has 2 aliphatic carbocycles. The third-order valence-electron chi connectivity index (χ3n) is 4.62. The Kier molecular flexibility index (Phi) is 4.07. The van der Waals surface area contributed by atoms with Crippen molar-refractivity contribution >= 4 is 0 Å². The zero-order valence-corrected chi connectivity index (χ0v) is 10.5. The van der Waals surface area contributed by atoms with Gasteiger partial charge in [0.2, 0.25) is 0 Å². The fraction of sp³-hybridized carbons (Fsp3) is 1.00. The van der Waals surface area contributed by atoms with E-state index in [1.165, 1.54) is 51.4 Å². The van der Waals surface area contributed by atoms with Crippen LogP contribution in [0.4, 0.5) is 0 Å². The van der Waals surface area contributed by atoms with Crippen LogP contribution in [0.3, 0.4) is 0 Å². The van der Waals surface area contributed by atoms with Gasteiger partial charge in [0, 0.05) is 12.1 Å². The number of rotatable bonds is 3. The Balaban J connectivity index is 1.71. The molecule has 0 aromatic carbocycles. The van der Waals surface area contributed by atoms with Crippen LogP contribution in [0.5, 0.6) is 0 Å². The van der Waals surface area contributed by atoms with Crippen molar-refractivity contribution < 1.29 is 0 Å². The van der Waals surface area contributed by atoms with E-state index < -0.39 is 0 Å². The van der Waals surface area contributed by atoms with Gasteiger partial charge in [-0.2, -0.15) is 0 Å². The summed E-state index contributed by atoms with van der Waals surface area (Å²) in [6.45, 7) is 4.81. The minimum absolute atomic E-state index is 0.769. The highest BCUT2D eigenvalue weighted by Gasteiger charge is 2.25. The van der Waals surface area contributed by atoms with E-state index in [2.05, 4.69) is 19.2 Å². The van der Waals surface area contributed by atoms with Gasteiger partial charge in [0.25, 0.3) is 0 Å². The molecule has 0 bridgehead atoms. The van der Waals surface area contributed by atoms with Crippen molar-refractivity contribution in [1.82, 2.24) is 5.32 Å². The van der Waals surface area contributed by atoms with Gasteiger partial charge >= 0.3 is 0 Å². The molecule has 1 nitrogen and oxygen atoms in total. The predicted octanol–water partition coefficient (Wildman–Crippen LogP) is 3.73. The van der Waals surface area contributed by atoms with Gasteiger partial charge in [-0.25, -0.2) is 0 Å². The van der Waals surface area contributed by atoms with Crippen molar-refractivity contribution in [3.8, 4) is 0 Å². The van der Waals surface area contributed by atoms with Crippen LogP contribution >= 0.6 is 0 Å². The lowest BCUT2D eigenvalue weighted by atomic mass is 9.86. The maximum Gasteiger partial charge on any atom is 0.00698 e. The van der Waals surface area contributed by atoms with Crippen LogP contribution < -0.4 is 5.32 Å². The second-order valence-corrected chi connectivity index (χ2v) is 5.96. The summed E-state index contributed by atoms with van der Waals surface area (Å²) in [6.07, 6.45) is 11.6. The van der Waals surface area contributed by atoms with E-state index in [0.29, 0.717) is 0 Å². The Morgan fingerprint density at radius 3 is 2.13 bits per heavy atom. The summed E-state index contributed by atoms with van der Waals surface area (Å²) in [7, 11) is 0. The largest absolute Gasteiger partial charge is 0.311 e. The number of nitrogens with one attached hydrogen (secondary N) is 1. The Morgan fingerprint density at radius 1 is 0.933 bits per heavy atom. The van der Waals surface area contributed by atoms with Crippen LogP contribution in [0, 0.1) is 11.8 Å². The molecule has 0 aromatic heterocycles. The van der Waals surface area contributed by atoms with E-state index in [1.54, 1.807) is 0 Å². The highest BCUT2D eigenvalue weighted by atomic mass is 15.0. The minimum atomic E-state index is 0.769. The van der Waals surface area contributed by atoms with Crippen LogP contribution in [0.1, 0.15) is 65.2 Å². The average molecular weight is 209 g/mol. The summed E-state index contributed by atoms with van der Waals surface area (Å²) in [5, 5.41) is 3.88. The highest BCUT2D eigenvalue weighted by molar-refractivity contribution is 4.83. The lowest BCUT2D eigenvalue weighted by Crippen LogP contribution is -2.42. The van der Waals surface area contributed by atoms with Gasteiger partial charge < -0.3 is 5.32 Å². The monoisotopic (exact) mass is 209 g/mol. The van der Waals surface area contributed by atoms with Gasteiger partial charge in [0.05, 0.1) is 0 Å². The molecule has 0 heterocycles. The molecule has 2 fully saturated rings. The molecule has 0 radical (unpaired) electrons. The van der Waals surface area contributed by atoms with Crippen molar-refractivity contribution in [2.45, 2.75) is 77.3 Å². The van der Waals surface area contributed by atoms with Gasteiger partial charge in [0.15, 0.2) is 0 Å². The Morgan fingerprint density at radius 2 is 1.53 bits per heavy atom. The van der Waals surface area contributed by atoms with Gasteiger partial charge in [0.1, 0.15) is 0 Å². The van der Waals surface area contributed by atoms with Crippen molar-refractivity contribution in [1.29, 1.82) is 0 Å². The molecule has 2 aliphatic rings. The molecule has 1 unspecified atom stereocenters. The highest BCUT2D eigenvalue weighted by Crippen LogP contribution is 2.29. The van der Waals surface area contributed by atoms with Crippen molar-refractivity contribution in [3.05, 3.63) is 0 Å². The molecule has 2 saturated carbocycles. The fourth-order valence-electron chi connectivity index (χ4n) is 3.39. The molecule has 0 spiro atoms. The first kappa shape index (κ1) is 11.4. The van der Waals surface area contributed by atoms with Gasteiger partial charge in [-0.05, 0) is 57.3 Å². The van der Waals surface area contributed by atoms with Crippen LogP contribution in [0.15, 0.2) is 0 Å². The Labute approximate surface area is 95.0 Å². The standard InChI is InChI=1S/C14H27N/c1-11-7-9-14(10-8-11)15-12(2)13-5-3-4-6-13/h11-15H,3-10H2,1-2H3. The summed E-state index contributed by atoms with van der Waals surface area (Å²) in [6, 6.07) is 1.60. The Hall–Kier alpha value is -0.0400. The third kappa shape index (κ3) is 3.21. The van der Waals surface area contributed by atoms with Crippen LogP contribution in [0.2, 0.25) is 0 Å². The van der Waals surface area contributed by atoms with Crippen molar-refractivity contribution in [2.24, 2.45) is 11.8 Å². The summed E-state index contributed by atoms with van der Waals surface area (Å²) in [5.41, 5.74) is 0. The smallest absolute Gasteiger partial charge is 0.00698 e. The zero-order valence-electron chi connectivity index (χ0n) is 10.5. The molecule has 1 heteroatoms. The molecule has 1 atom stereocenters. The SMILES string of the molecule is CC1CCC(NC(C)C2CCCC2)CC1. The maximum absolute atomic E-state index is 3.88.